The fourth-order valence-electron chi connectivity index (χ4n) is 1.72. The third-order valence-corrected chi connectivity index (χ3v) is 4.01. The van der Waals surface area contributed by atoms with Gasteiger partial charge in [0.2, 0.25) is 0 Å². The first-order chi connectivity index (χ1) is 8.58. The minimum Gasteiger partial charge on any atom is -0.324 e. The summed E-state index contributed by atoms with van der Waals surface area (Å²) in [4.78, 5) is 5.64. The Hall–Kier alpha value is -1.32. The van der Waals surface area contributed by atoms with Gasteiger partial charge in [0, 0.05) is 22.7 Å². The molecular formula is C15H18N2S. The van der Waals surface area contributed by atoms with Crippen LogP contribution in [-0.4, -0.2) is 4.98 Å². The molecule has 0 amide bonds. The van der Waals surface area contributed by atoms with Gasteiger partial charge in [0.15, 0.2) is 0 Å². The lowest BCUT2D eigenvalue weighted by molar-refractivity contribution is 0.779. The molecule has 0 saturated heterocycles. The lowest BCUT2D eigenvalue weighted by atomic mass is 10.1. The molecule has 0 unspecified atom stereocenters. The summed E-state index contributed by atoms with van der Waals surface area (Å²) in [6, 6.07) is 10.5. The zero-order chi connectivity index (χ0) is 13.1. The van der Waals surface area contributed by atoms with Gasteiger partial charge < -0.3 is 5.73 Å². The molecule has 1 atom stereocenters. The van der Waals surface area contributed by atoms with Crippen LogP contribution in [0.4, 0.5) is 0 Å². The van der Waals surface area contributed by atoms with E-state index >= 15 is 0 Å². The highest BCUT2D eigenvalue weighted by molar-refractivity contribution is 7.99. The van der Waals surface area contributed by atoms with Gasteiger partial charge >= 0.3 is 0 Å². The predicted molar refractivity (Wildman–Crippen MR) is 76.9 cm³/mol. The van der Waals surface area contributed by atoms with Crippen LogP contribution in [-0.2, 0) is 0 Å². The summed E-state index contributed by atoms with van der Waals surface area (Å²) in [7, 11) is 0. The van der Waals surface area contributed by atoms with Crippen molar-refractivity contribution in [3.63, 3.8) is 0 Å². The Morgan fingerprint density at radius 3 is 2.61 bits per heavy atom. The van der Waals surface area contributed by atoms with Crippen LogP contribution in [0.25, 0.3) is 0 Å². The monoisotopic (exact) mass is 258 g/mol. The van der Waals surface area contributed by atoms with Gasteiger partial charge in [-0.2, -0.15) is 0 Å². The molecule has 0 radical (unpaired) electrons. The van der Waals surface area contributed by atoms with Crippen LogP contribution in [0.5, 0.6) is 0 Å². The highest BCUT2D eigenvalue weighted by Gasteiger charge is 2.09. The molecule has 0 saturated carbocycles. The molecule has 2 N–H and O–H groups in total. The Morgan fingerprint density at radius 2 is 1.94 bits per heavy atom. The van der Waals surface area contributed by atoms with Crippen molar-refractivity contribution in [2.24, 2.45) is 5.73 Å². The van der Waals surface area contributed by atoms with Crippen molar-refractivity contribution in [1.29, 1.82) is 0 Å². The highest BCUT2D eigenvalue weighted by atomic mass is 32.2. The van der Waals surface area contributed by atoms with E-state index < -0.39 is 0 Å². The van der Waals surface area contributed by atoms with E-state index in [-0.39, 0.29) is 6.04 Å². The Balaban J connectivity index is 2.31. The first-order valence-electron chi connectivity index (χ1n) is 6.03. The van der Waals surface area contributed by atoms with Crippen LogP contribution >= 0.6 is 11.8 Å². The fraction of sp³-hybridized carbons (Fsp3) is 0.267. The molecule has 0 fully saturated rings. The Morgan fingerprint density at radius 1 is 1.17 bits per heavy atom. The van der Waals surface area contributed by atoms with E-state index in [9.17, 15) is 0 Å². The van der Waals surface area contributed by atoms with Crippen molar-refractivity contribution in [2.45, 2.75) is 36.7 Å². The topological polar surface area (TPSA) is 38.9 Å². The molecule has 1 heterocycles. The molecule has 2 nitrogen and oxygen atoms in total. The van der Waals surface area contributed by atoms with Crippen LogP contribution in [0, 0.1) is 13.8 Å². The number of hydrogen-bond donors (Lipinski definition) is 1. The average Bonchev–Trinajstić information content (AvgIpc) is 2.34. The second-order valence-electron chi connectivity index (χ2n) is 4.53. The second-order valence-corrected chi connectivity index (χ2v) is 5.60. The van der Waals surface area contributed by atoms with Crippen LogP contribution in [0.2, 0.25) is 0 Å². The van der Waals surface area contributed by atoms with E-state index in [2.05, 4.69) is 37.0 Å². The Kier molecular flexibility index (Phi) is 4.04. The van der Waals surface area contributed by atoms with E-state index in [1.807, 2.05) is 25.3 Å². The lowest BCUT2D eigenvalue weighted by Crippen LogP contribution is -2.07. The smallest absolute Gasteiger partial charge is 0.105 e. The quantitative estimate of drug-likeness (QED) is 0.908. The van der Waals surface area contributed by atoms with Crippen molar-refractivity contribution in [3.05, 3.63) is 53.2 Å². The van der Waals surface area contributed by atoms with Crippen LogP contribution in [0.3, 0.4) is 0 Å². The summed E-state index contributed by atoms with van der Waals surface area (Å²) in [6.07, 6.45) is 1.81. The molecule has 94 valence electrons. The van der Waals surface area contributed by atoms with Gasteiger partial charge in [0.1, 0.15) is 5.03 Å². The summed E-state index contributed by atoms with van der Waals surface area (Å²) in [5, 5.41) is 0.996. The number of hydrogen-bond acceptors (Lipinski definition) is 3. The zero-order valence-electron chi connectivity index (χ0n) is 11.0. The maximum absolute atomic E-state index is 5.97. The standard InChI is InChI=1S/C15H18N2S/c1-10-6-7-13(9-11(10)2)18-15-14(12(3)16)5-4-8-17-15/h4-9,12H,16H2,1-3H3/t12-/m0/s1. The molecule has 0 aliphatic heterocycles. The second kappa shape index (κ2) is 5.55. The maximum atomic E-state index is 5.97. The number of aromatic nitrogens is 1. The maximum Gasteiger partial charge on any atom is 0.105 e. The van der Waals surface area contributed by atoms with E-state index in [1.165, 1.54) is 16.0 Å². The minimum atomic E-state index is 0.00717. The van der Waals surface area contributed by atoms with Gasteiger partial charge in [-0.15, -0.1) is 0 Å². The van der Waals surface area contributed by atoms with Crippen LogP contribution in [0.15, 0.2) is 46.5 Å². The van der Waals surface area contributed by atoms with Gasteiger partial charge in [0.25, 0.3) is 0 Å². The van der Waals surface area contributed by atoms with E-state index in [0.717, 1.165) is 10.6 Å². The van der Waals surface area contributed by atoms with Gasteiger partial charge in [-0.25, -0.2) is 4.98 Å². The number of benzene rings is 1. The number of nitrogens with two attached hydrogens (primary N) is 1. The SMILES string of the molecule is Cc1ccc(Sc2ncccc2[C@H](C)N)cc1C. The first-order valence-corrected chi connectivity index (χ1v) is 6.85. The van der Waals surface area contributed by atoms with E-state index in [0.29, 0.717) is 0 Å². The van der Waals surface area contributed by atoms with Crippen LogP contribution < -0.4 is 5.73 Å². The average molecular weight is 258 g/mol. The fourth-order valence-corrected chi connectivity index (χ4v) is 2.80. The minimum absolute atomic E-state index is 0.00717. The highest BCUT2D eigenvalue weighted by Crippen LogP contribution is 2.31. The normalized spacial score (nSPS) is 12.4. The molecule has 2 rings (SSSR count). The third-order valence-electron chi connectivity index (χ3n) is 2.98. The molecule has 0 aliphatic rings. The predicted octanol–water partition coefficient (Wildman–Crippen LogP) is 3.87. The molecule has 1 aromatic carbocycles. The summed E-state index contributed by atoms with van der Waals surface area (Å²) in [6.45, 7) is 6.24. The molecule has 0 bridgehead atoms. The molecule has 0 spiro atoms. The van der Waals surface area contributed by atoms with Gasteiger partial charge in [0.05, 0.1) is 0 Å². The van der Waals surface area contributed by atoms with Crippen LogP contribution in [0.1, 0.15) is 29.7 Å². The van der Waals surface area contributed by atoms with E-state index in [1.54, 1.807) is 11.8 Å². The van der Waals surface area contributed by atoms with Crippen molar-refractivity contribution in [3.8, 4) is 0 Å². The van der Waals surface area contributed by atoms with Crippen molar-refractivity contribution in [2.75, 3.05) is 0 Å². The summed E-state index contributed by atoms with van der Waals surface area (Å²) < 4.78 is 0. The number of rotatable bonds is 3. The molecule has 2 aromatic rings. The van der Waals surface area contributed by atoms with Crippen molar-refractivity contribution >= 4 is 11.8 Å². The first kappa shape index (κ1) is 13.1. The lowest BCUT2D eigenvalue weighted by Gasteiger charge is -2.11. The third kappa shape index (κ3) is 2.92. The molecular weight excluding hydrogens is 240 g/mol. The molecule has 3 heteroatoms. The van der Waals surface area contributed by atoms with Crippen molar-refractivity contribution in [1.82, 2.24) is 4.98 Å². The number of nitrogens with zero attached hydrogens (tertiary/aromatic N) is 1. The molecule has 0 aliphatic carbocycles. The summed E-state index contributed by atoms with van der Waals surface area (Å²) in [5.41, 5.74) is 9.68. The molecule has 1 aromatic heterocycles. The van der Waals surface area contributed by atoms with E-state index in [4.69, 9.17) is 5.73 Å². The van der Waals surface area contributed by atoms with Gasteiger partial charge in [-0.1, -0.05) is 23.9 Å². The Labute approximate surface area is 113 Å². The largest absolute Gasteiger partial charge is 0.324 e. The number of pyridine rings is 1. The zero-order valence-corrected chi connectivity index (χ0v) is 11.8. The number of aryl methyl sites for hydroxylation is 2. The summed E-state index contributed by atoms with van der Waals surface area (Å²) in [5.74, 6) is 0. The van der Waals surface area contributed by atoms with Crippen molar-refractivity contribution < 1.29 is 0 Å². The van der Waals surface area contributed by atoms with Gasteiger partial charge in [-0.3, -0.25) is 0 Å². The molecule has 18 heavy (non-hydrogen) atoms. The summed E-state index contributed by atoms with van der Waals surface area (Å²) >= 11 is 1.67. The Bertz CT molecular complexity index is 550. The van der Waals surface area contributed by atoms with Gasteiger partial charge in [-0.05, 0) is 50.1 Å².